The highest BCUT2D eigenvalue weighted by molar-refractivity contribution is 6.02. The number of allylic oxidation sites excluding steroid dienone is 1. The number of rotatable bonds is 0. The number of nitrogens with one attached hydrogen (secondary N) is 1. The van der Waals surface area contributed by atoms with Crippen LogP contribution in [0.3, 0.4) is 0 Å². The summed E-state index contributed by atoms with van der Waals surface area (Å²) in [6.45, 7) is 1.81. The van der Waals surface area contributed by atoms with Crippen molar-refractivity contribution >= 4 is 11.5 Å². The van der Waals surface area contributed by atoms with Gasteiger partial charge in [0.1, 0.15) is 0 Å². The van der Waals surface area contributed by atoms with E-state index in [1.807, 2.05) is 12.5 Å². The summed E-state index contributed by atoms with van der Waals surface area (Å²) in [6, 6.07) is 0. The minimum atomic E-state index is 0.111. The van der Waals surface area contributed by atoms with Gasteiger partial charge >= 0.3 is 0 Å². The van der Waals surface area contributed by atoms with Crippen molar-refractivity contribution in [2.75, 3.05) is 6.54 Å². The summed E-state index contributed by atoms with van der Waals surface area (Å²) >= 11 is 0. The number of hydrogen-bond acceptors (Lipinski definition) is 2. The van der Waals surface area contributed by atoms with Crippen LogP contribution < -0.4 is 5.32 Å². The molecular formula is C11H13N3O. The minimum absolute atomic E-state index is 0.111. The molecule has 0 saturated carbocycles. The van der Waals surface area contributed by atoms with Crippen molar-refractivity contribution < 1.29 is 4.79 Å². The van der Waals surface area contributed by atoms with Crippen molar-refractivity contribution in [1.82, 2.24) is 14.9 Å². The fourth-order valence-corrected chi connectivity index (χ4v) is 2.42. The van der Waals surface area contributed by atoms with Crippen LogP contribution in [0, 0.1) is 0 Å². The predicted molar refractivity (Wildman–Crippen MR) is 56.0 cm³/mol. The average Bonchev–Trinajstić information content (AvgIpc) is 2.85. The lowest BCUT2D eigenvalue weighted by atomic mass is 9.96. The smallest absolute Gasteiger partial charge is 0.247 e. The fourth-order valence-electron chi connectivity index (χ4n) is 2.42. The molecule has 0 aliphatic carbocycles. The zero-order valence-corrected chi connectivity index (χ0v) is 8.49. The van der Waals surface area contributed by atoms with Crippen LogP contribution >= 0.6 is 0 Å². The lowest BCUT2D eigenvalue weighted by Crippen LogP contribution is -2.16. The zero-order valence-electron chi connectivity index (χ0n) is 8.49. The Labute approximate surface area is 88.0 Å². The number of hydrogen-bond donors (Lipinski definition) is 1. The van der Waals surface area contributed by atoms with Crippen LogP contribution in [0.4, 0.5) is 0 Å². The Morgan fingerprint density at radius 3 is 3.07 bits per heavy atom. The molecule has 78 valence electrons. The number of fused-ring (bicyclic) bond motifs is 1. The maximum atomic E-state index is 11.6. The van der Waals surface area contributed by atoms with Gasteiger partial charge in [-0.15, -0.1) is 0 Å². The van der Waals surface area contributed by atoms with Crippen molar-refractivity contribution in [3.05, 3.63) is 23.8 Å². The number of amides is 1. The van der Waals surface area contributed by atoms with E-state index < -0.39 is 0 Å². The van der Waals surface area contributed by atoms with E-state index in [1.54, 1.807) is 0 Å². The molecule has 1 aromatic rings. The zero-order chi connectivity index (χ0) is 10.3. The Morgan fingerprint density at radius 2 is 2.27 bits per heavy atom. The van der Waals surface area contributed by atoms with Gasteiger partial charge in [0.15, 0.2) is 0 Å². The van der Waals surface area contributed by atoms with E-state index in [0.717, 1.165) is 43.6 Å². The van der Waals surface area contributed by atoms with Crippen LogP contribution in [-0.4, -0.2) is 22.0 Å². The number of carbonyl (C=O) groups is 1. The SMILES string of the molecule is O=C1NCC/C1=C1\CCCn2cncc21. The summed E-state index contributed by atoms with van der Waals surface area (Å²) in [4.78, 5) is 15.8. The summed E-state index contributed by atoms with van der Waals surface area (Å²) in [5.41, 5.74) is 3.30. The van der Waals surface area contributed by atoms with Crippen LogP contribution in [-0.2, 0) is 11.3 Å². The van der Waals surface area contributed by atoms with Crippen molar-refractivity contribution in [2.45, 2.75) is 25.8 Å². The molecule has 0 aromatic carbocycles. The van der Waals surface area contributed by atoms with E-state index in [1.165, 1.54) is 5.57 Å². The topological polar surface area (TPSA) is 46.9 Å². The predicted octanol–water partition coefficient (Wildman–Crippen LogP) is 0.950. The highest BCUT2D eigenvalue weighted by Gasteiger charge is 2.24. The lowest BCUT2D eigenvalue weighted by Gasteiger charge is -2.18. The van der Waals surface area contributed by atoms with Crippen LogP contribution in [0.1, 0.15) is 25.0 Å². The molecule has 0 spiro atoms. The first-order chi connectivity index (χ1) is 7.36. The molecule has 4 nitrogen and oxygen atoms in total. The van der Waals surface area contributed by atoms with E-state index in [4.69, 9.17) is 0 Å². The summed E-state index contributed by atoms with van der Waals surface area (Å²) in [7, 11) is 0. The molecule has 3 rings (SSSR count). The Hall–Kier alpha value is -1.58. The van der Waals surface area contributed by atoms with Crippen molar-refractivity contribution in [1.29, 1.82) is 0 Å². The van der Waals surface area contributed by atoms with E-state index in [2.05, 4.69) is 14.9 Å². The van der Waals surface area contributed by atoms with E-state index in [0.29, 0.717) is 0 Å². The quantitative estimate of drug-likeness (QED) is 0.638. The molecule has 2 aliphatic heterocycles. The highest BCUT2D eigenvalue weighted by atomic mass is 16.2. The maximum Gasteiger partial charge on any atom is 0.247 e. The third-order valence-electron chi connectivity index (χ3n) is 3.15. The lowest BCUT2D eigenvalue weighted by molar-refractivity contribution is -0.116. The molecule has 1 saturated heterocycles. The summed E-state index contributed by atoms with van der Waals surface area (Å²) < 4.78 is 2.14. The van der Waals surface area contributed by atoms with Gasteiger partial charge < -0.3 is 9.88 Å². The molecule has 0 atom stereocenters. The van der Waals surface area contributed by atoms with Crippen molar-refractivity contribution in [3.63, 3.8) is 0 Å². The first-order valence-electron chi connectivity index (χ1n) is 5.37. The second-order valence-electron chi connectivity index (χ2n) is 4.04. The third kappa shape index (κ3) is 1.28. The first kappa shape index (κ1) is 8.71. The van der Waals surface area contributed by atoms with Crippen molar-refractivity contribution in [2.24, 2.45) is 0 Å². The number of nitrogens with zero attached hydrogens (tertiary/aromatic N) is 2. The minimum Gasteiger partial charge on any atom is -0.352 e. The molecule has 1 aromatic heterocycles. The van der Waals surface area contributed by atoms with Gasteiger partial charge in [-0.2, -0.15) is 0 Å². The second kappa shape index (κ2) is 3.22. The molecule has 1 fully saturated rings. The van der Waals surface area contributed by atoms with Gasteiger partial charge in [0.25, 0.3) is 0 Å². The van der Waals surface area contributed by atoms with Crippen molar-refractivity contribution in [3.8, 4) is 0 Å². The van der Waals surface area contributed by atoms with Crippen LogP contribution in [0.5, 0.6) is 0 Å². The third-order valence-corrected chi connectivity index (χ3v) is 3.15. The van der Waals surface area contributed by atoms with Gasteiger partial charge in [-0.25, -0.2) is 4.98 Å². The summed E-state index contributed by atoms with van der Waals surface area (Å²) in [6.07, 6.45) is 6.69. The molecule has 1 N–H and O–H groups in total. The number of aromatic nitrogens is 2. The van der Waals surface area contributed by atoms with Gasteiger partial charge in [0.2, 0.25) is 5.91 Å². The molecule has 3 heterocycles. The first-order valence-corrected chi connectivity index (χ1v) is 5.37. The number of imidazole rings is 1. The van der Waals surface area contributed by atoms with Crippen LogP contribution in [0.25, 0.3) is 5.57 Å². The Bertz CT molecular complexity index is 444. The average molecular weight is 203 g/mol. The molecular weight excluding hydrogens is 190 g/mol. The molecule has 1 amide bonds. The van der Waals surface area contributed by atoms with Gasteiger partial charge in [0, 0.05) is 18.7 Å². The maximum absolute atomic E-state index is 11.6. The van der Waals surface area contributed by atoms with Gasteiger partial charge in [-0.05, 0) is 24.8 Å². The number of carbonyl (C=O) groups excluding carboxylic acids is 1. The van der Waals surface area contributed by atoms with Crippen LogP contribution in [0.2, 0.25) is 0 Å². The summed E-state index contributed by atoms with van der Waals surface area (Å²) in [5, 5.41) is 2.86. The Morgan fingerprint density at radius 1 is 1.33 bits per heavy atom. The molecule has 0 unspecified atom stereocenters. The number of aryl methyl sites for hydroxylation is 1. The van der Waals surface area contributed by atoms with Gasteiger partial charge in [0.05, 0.1) is 18.2 Å². The second-order valence-corrected chi connectivity index (χ2v) is 4.04. The molecule has 15 heavy (non-hydrogen) atoms. The van der Waals surface area contributed by atoms with Gasteiger partial charge in [-0.3, -0.25) is 4.79 Å². The van der Waals surface area contributed by atoms with Crippen LogP contribution in [0.15, 0.2) is 18.1 Å². The largest absolute Gasteiger partial charge is 0.352 e. The molecule has 2 aliphatic rings. The van der Waals surface area contributed by atoms with E-state index in [-0.39, 0.29) is 5.91 Å². The summed E-state index contributed by atoms with van der Waals surface area (Å²) in [5.74, 6) is 0.111. The van der Waals surface area contributed by atoms with Gasteiger partial charge in [-0.1, -0.05) is 0 Å². The monoisotopic (exact) mass is 203 g/mol. The molecule has 0 bridgehead atoms. The normalized spacial score (nSPS) is 25.2. The Balaban J connectivity index is 2.12. The standard InChI is InChI=1S/C11H13N3O/c15-11-9(3-4-13-11)8-2-1-5-14-7-12-6-10(8)14/h6-7H,1-5H2,(H,13,15)/b9-8-. The molecule has 0 radical (unpaired) electrons. The molecule has 4 heteroatoms. The fraction of sp³-hybridized carbons (Fsp3) is 0.455. The highest BCUT2D eigenvalue weighted by Crippen LogP contribution is 2.31. The Kier molecular flexibility index (Phi) is 1.87. The van der Waals surface area contributed by atoms with E-state index in [9.17, 15) is 4.79 Å². The van der Waals surface area contributed by atoms with E-state index >= 15 is 0 Å².